The Morgan fingerprint density at radius 2 is 1.39 bits per heavy atom. The first-order valence-corrected chi connectivity index (χ1v) is 14.0. The number of rotatable bonds is 13. The highest BCUT2D eigenvalue weighted by atomic mass is 16.6. The Kier molecular flexibility index (Phi) is 11.7. The van der Waals surface area contributed by atoms with Crippen LogP contribution < -0.4 is 0 Å². The fourth-order valence-electron chi connectivity index (χ4n) is 5.02. The SMILES string of the molecule is CCCCC(CCC(C)CC(CC(=O)O)[N+](=O)[O-])[N+](=O)[O-].c1ccc(-c2nc3ccccc3c3ccccc23)cc1. The van der Waals surface area contributed by atoms with Crippen LogP contribution in [0.1, 0.15) is 58.8 Å². The topological polar surface area (TPSA) is 136 Å². The van der Waals surface area contributed by atoms with Gasteiger partial charge in [0, 0.05) is 45.4 Å². The number of para-hydroxylation sites is 1. The van der Waals surface area contributed by atoms with Crippen molar-refractivity contribution in [1.29, 1.82) is 0 Å². The van der Waals surface area contributed by atoms with Crippen molar-refractivity contribution in [3.05, 3.63) is 99.1 Å². The molecule has 9 nitrogen and oxygen atoms in total. The molecule has 0 aliphatic carbocycles. The molecule has 3 aromatic carbocycles. The normalized spacial score (nSPS) is 13.1. The number of nitro groups is 2. The molecule has 0 amide bonds. The number of aliphatic carboxylic acids is 1. The molecule has 0 bridgehead atoms. The molecule has 0 aliphatic rings. The molecule has 1 N–H and O–H groups in total. The van der Waals surface area contributed by atoms with Crippen LogP contribution in [-0.4, -0.2) is 38.0 Å². The Morgan fingerprint density at radius 3 is 2.00 bits per heavy atom. The lowest BCUT2D eigenvalue weighted by atomic mass is 9.92. The fraction of sp³-hybridized carbons (Fsp3) is 0.375. The van der Waals surface area contributed by atoms with Gasteiger partial charge in [-0.3, -0.25) is 25.0 Å². The molecule has 216 valence electrons. The number of hydrogen-bond acceptors (Lipinski definition) is 6. The lowest BCUT2D eigenvalue weighted by molar-refractivity contribution is -0.527. The van der Waals surface area contributed by atoms with Crippen molar-refractivity contribution >= 4 is 27.6 Å². The van der Waals surface area contributed by atoms with Crippen LogP contribution in [0.4, 0.5) is 0 Å². The molecule has 9 heteroatoms. The van der Waals surface area contributed by atoms with E-state index < -0.39 is 29.4 Å². The van der Waals surface area contributed by atoms with Crippen molar-refractivity contribution in [1.82, 2.24) is 4.98 Å². The summed E-state index contributed by atoms with van der Waals surface area (Å²) in [6.45, 7) is 3.74. The fourth-order valence-corrected chi connectivity index (χ4v) is 5.02. The van der Waals surface area contributed by atoms with Gasteiger partial charge in [0.1, 0.15) is 6.42 Å². The van der Waals surface area contributed by atoms with E-state index in [1.54, 1.807) is 6.92 Å². The number of unbranched alkanes of at least 4 members (excludes halogenated alkanes) is 1. The van der Waals surface area contributed by atoms with Gasteiger partial charge >= 0.3 is 5.97 Å². The van der Waals surface area contributed by atoms with Gasteiger partial charge < -0.3 is 5.11 Å². The van der Waals surface area contributed by atoms with Crippen molar-refractivity contribution in [2.24, 2.45) is 5.92 Å². The summed E-state index contributed by atoms with van der Waals surface area (Å²) in [5.74, 6) is -1.31. The predicted molar refractivity (Wildman–Crippen MR) is 161 cm³/mol. The number of nitrogens with zero attached hydrogens (tertiary/aromatic N) is 3. The van der Waals surface area contributed by atoms with Gasteiger partial charge in [0.05, 0.1) is 11.2 Å². The van der Waals surface area contributed by atoms with E-state index in [0.717, 1.165) is 29.6 Å². The van der Waals surface area contributed by atoms with Crippen molar-refractivity contribution in [2.45, 2.75) is 70.9 Å². The smallest absolute Gasteiger partial charge is 0.310 e. The molecule has 41 heavy (non-hydrogen) atoms. The minimum Gasteiger partial charge on any atom is -0.481 e. The van der Waals surface area contributed by atoms with Crippen LogP contribution in [0.5, 0.6) is 0 Å². The average molecular weight is 560 g/mol. The third kappa shape index (κ3) is 9.06. The minimum absolute atomic E-state index is 0.108. The van der Waals surface area contributed by atoms with Gasteiger partial charge in [0.25, 0.3) is 0 Å². The molecule has 4 aromatic rings. The highest BCUT2D eigenvalue weighted by Gasteiger charge is 2.27. The first-order chi connectivity index (χ1) is 19.7. The van der Waals surface area contributed by atoms with E-state index in [2.05, 4.69) is 66.7 Å². The Bertz CT molecular complexity index is 1460. The number of carbonyl (C=O) groups is 1. The zero-order valence-electron chi connectivity index (χ0n) is 23.5. The quantitative estimate of drug-likeness (QED) is 0.100. The summed E-state index contributed by atoms with van der Waals surface area (Å²) in [5.41, 5.74) is 3.26. The average Bonchev–Trinajstić information content (AvgIpc) is 2.96. The monoisotopic (exact) mass is 559 g/mol. The second-order valence-corrected chi connectivity index (χ2v) is 10.4. The lowest BCUT2D eigenvalue weighted by Crippen LogP contribution is -2.26. The van der Waals surface area contributed by atoms with Gasteiger partial charge in [-0.1, -0.05) is 93.1 Å². The van der Waals surface area contributed by atoms with Gasteiger partial charge in [-0.15, -0.1) is 0 Å². The Balaban J connectivity index is 0.000000225. The first-order valence-electron chi connectivity index (χ1n) is 14.0. The molecule has 0 saturated carbocycles. The van der Waals surface area contributed by atoms with Gasteiger partial charge in [0.15, 0.2) is 0 Å². The van der Waals surface area contributed by atoms with Crippen molar-refractivity contribution in [3.8, 4) is 11.3 Å². The van der Waals surface area contributed by atoms with Crippen LogP contribution in [0.3, 0.4) is 0 Å². The van der Waals surface area contributed by atoms with Crippen molar-refractivity contribution < 1.29 is 19.7 Å². The maximum absolute atomic E-state index is 10.9. The molecule has 3 unspecified atom stereocenters. The van der Waals surface area contributed by atoms with E-state index in [1.807, 2.05) is 19.1 Å². The highest BCUT2D eigenvalue weighted by molar-refractivity contribution is 6.10. The Hall–Kier alpha value is -4.40. The summed E-state index contributed by atoms with van der Waals surface area (Å²) in [6.07, 6.45) is 2.71. The standard InChI is InChI=1S/C19H13N.C13H24N2O6/c1-2-8-14(9-3-1)19-17-12-5-4-10-15(17)16-11-6-7-13-18(16)20-19;1-3-4-5-11(14(18)19)7-6-10(2)8-12(15(20)21)9-13(16)17/h1-13H;10-12H,3-9H2,1-2H3,(H,16,17). The van der Waals surface area contributed by atoms with Gasteiger partial charge in [-0.25, -0.2) is 4.98 Å². The largest absolute Gasteiger partial charge is 0.481 e. The molecule has 0 spiro atoms. The van der Waals surface area contributed by atoms with Gasteiger partial charge in [-0.2, -0.15) is 0 Å². The van der Waals surface area contributed by atoms with Gasteiger partial charge in [-0.05, 0) is 30.2 Å². The first kappa shape index (κ1) is 31.1. The second-order valence-electron chi connectivity index (χ2n) is 10.4. The number of aromatic nitrogens is 1. The number of pyridine rings is 1. The summed E-state index contributed by atoms with van der Waals surface area (Å²) in [7, 11) is 0. The number of hydrogen-bond donors (Lipinski definition) is 1. The van der Waals surface area contributed by atoms with E-state index in [0.29, 0.717) is 19.3 Å². The summed E-state index contributed by atoms with van der Waals surface area (Å²) in [5, 5.41) is 34.0. The zero-order chi connectivity index (χ0) is 29.8. The summed E-state index contributed by atoms with van der Waals surface area (Å²) >= 11 is 0. The molecule has 0 radical (unpaired) electrons. The summed E-state index contributed by atoms with van der Waals surface area (Å²) in [4.78, 5) is 36.3. The molecular formula is C32H37N3O6. The molecular weight excluding hydrogens is 522 g/mol. The number of fused-ring (bicyclic) bond motifs is 3. The third-order valence-corrected chi connectivity index (χ3v) is 7.22. The Labute approximate surface area is 239 Å². The minimum atomic E-state index is -1.20. The maximum atomic E-state index is 10.9. The molecule has 4 rings (SSSR count). The van der Waals surface area contributed by atoms with Crippen LogP contribution in [0, 0.1) is 26.1 Å². The maximum Gasteiger partial charge on any atom is 0.310 e. The van der Waals surface area contributed by atoms with Crippen LogP contribution in [-0.2, 0) is 4.79 Å². The van der Waals surface area contributed by atoms with Crippen LogP contribution >= 0.6 is 0 Å². The van der Waals surface area contributed by atoms with E-state index >= 15 is 0 Å². The van der Waals surface area contributed by atoms with Crippen molar-refractivity contribution in [3.63, 3.8) is 0 Å². The molecule has 1 aromatic heterocycles. The highest BCUT2D eigenvalue weighted by Crippen LogP contribution is 2.31. The molecule has 0 saturated heterocycles. The molecule has 1 heterocycles. The van der Waals surface area contributed by atoms with Crippen LogP contribution in [0.25, 0.3) is 32.9 Å². The summed E-state index contributed by atoms with van der Waals surface area (Å²) in [6, 6.07) is 25.5. The number of carboxylic acid groups (broad SMARTS) is 1. The molecule has 0 aliphatic heterocycles. The van der Waals surface area contributed by atoms with Crippen LogP contribution in [0.2, 0.25) is 0 Å². The molecule has 0 fully saturated rings. The summed E-state index contributed by atoms with van der Waals surface area (Å²) < 4.78 is 0. The second kappa shape index (κ2) is 15.4. The Morgan fingerprint density at radius 1 is 0.805 bits per heavy atom. The van der Waals surface area contributed by atoms with E-state index in [-0.39, 0.29) is 17.3 Å². The van der Waals surface area contributed by atoms with Gasteiger partial charge in [0.2, 0.25) is 12.1 Å². The van der Waals surface area contributed by atoms with E-state index in [4.69, 9.17) is 10.1 Å². The number of benzene rings is 3. The molecule has 3 atom stereocenters. The zero-order valence-corrected chi connectivity index (χ0v) is 23.5. The lowest BCUT2D eigenvalue weighted by Gasteiger charge is -2.15. The van der Waals surface area contributed by atoms with Crippen molar-refractivity contribution in [2.75, 3.05) is 0 Å². The number of carboxylic acids is 1. The third-order valence-electron chi connectivity index (χ3n) is 7.22. The van der Waals surface area contributed by atoms with E-state index in [9.17, 15) is 25.0 Å². The predicted octanol–water partition coefficient (Wildman–Crippen LogP) is 7.80. The van der Waals surface area contributed by atoms with Crippen LogP contribution in [0.15, 0.2) is 78.9 Å². The van der Waals surface area contributed by atoms with E-state index in [1.165, 1.54) is 16.2 Å².